The fourth-order valence-corrected chi connectivity index (χ4v) is 4.95. The second-order valence-electron chi connectivity index (χ2n) is 7.30. The van der Waals surface area contributed by atoms with Crippen molar-refractivity contribution in [2.24, 2.45) is 17.8 Å². The average Bonchev–Trinajstić information content (AvgIpc) is 3.15. The zero-order chi connectivity index (χ0) is 11.9. The van der Waals surface area contributed by atoms with E-state index in [0.717, 1.165) is 24.4 Å². The molecule has 0 radical (unpaired) electrons. The summed E-state index contributed by atoms with van der Waals surface area (Å²) in [5.74, 6) is 2.24. The number of epoxide rings is 2. The molecule has 17 heavy (non-hydrogen) atoms. The molecule has 4 fully saturated rings. The maximum absolute atomic E-state index is 6.39. The number of hydrogen-bond donors (Lipinski definition) is 0. The second-order valence-corrected chi connectivity index (χ2v) is 7.30. The van der Waals surface area contributed by atoms with Gasteiger partial charge in [0.25, 0.3) is 0 Å². The first-order chi connectivity index (χ1) is 8.03. The van der Waals surface area contributed by atoms with Crippen LogP contribution in [0.25, 0.3) is 0 Å². The van der Waals surface area contributed by atoms with Crippen molar-refractivity contribution < 1.29 is 9.47 Å². The Kier molecular flexibility index (Phi) is 1.85. The summed E-state index contributed by atoms with van der Waals surface area (Å²) in [5, 5.41) is 0. The van der Waals surface area contributed by atoms with E-state index in [4.69, 9.17) is 9.47 Å². The first-order valence-electron chi connectivity index (χ1n) is 7.37. The van der Waals surface area contributed by atoms with Gasteiger partial charge in [-0.25, -0.2) is 0 Å². The molecule has 0 amide bonds. The topological polar surface area (TPSA) is 25.1 Å². The summed E-state index contributed by atoms with van der Waals surface area (Å²) in [5.41, 5.74) is 0.702. The summed E-state index contributed by atoms with van der Waals surface area (Å²) in [4.78, 5) is 0. The molecule has 2 heteroatoms. The molecule has 2 saturated heterocycles. The predicted molar refractivity (Wildman–Crippen MR) is 65.8 cm³/mol. The van der Waals surface area contributed by atoms with Crippen molar-refractivity contribution >= 4 is 0 Å². The number of rotatable bonds is 1. The highest BCUT2D eigenvalue weighted by molar-refractivity contribution is 5.26. The largest absolute Gasteiger partial charge is 0.370 e. The first kappa shape index (κ1) is 10.8. The minimum atomic E-state index is 0.193. The van der Waals surface area contributed by atoms with E-state index in [9.17, 15) is 0 Å². The van der Waals surface area contributed by atoms with Crippen LogP contribution in [0, 0.1) is 17.8 Å². The fourth-order valence-electron chi connectivity index (χ4n) is 4.95. The van der Waals surface area contributed by atoms with Crippen molar-refractivity contribution in [1.29, 1.82) is 0 Å². The molecule has 4 aliphatic rings. The number of ether oxygens (including phenoxy) is 2. The highest BCUT2D eigenvalue weighted by atomic mass is 16.6. The molecule has 0 unspecified atom stereocenters. The fraction of sp³-hybridized carbons (Fsp3) is 1.00. The van der Waals surface area contributed by atoms with Crippen molar-refractivity contribution in [2.45, 2.75) is 69.7 Å². The standard InChI is InChI=1S/C15H24O2/c1-10-4-5-12(13(3)9-16-13)8-15-11(2)6-7-14(10,15)17-15/h10-12H,4-9H2,1-3H3/t10-,11-,12+,13+,14+,15+/m0/s1. The molecule has 2 saturated carbocycles. The summed E-state index contributed by atoms with van der Waals surface area (Å²) in [6.07, 6.45) is 6.61. The summed E-state index contributed by atoms with van der Waals surface area (Å²) in [7, 11) is 0. The zero-order valence-corrected chi connectivity index (χ0v) is 11.3. The van der Waals surface area contributed by atoms with Crippen LogP contribution in [-0.2, 0) is 9.47 Å². The Labute approximate surface area is 104 Å². The highest BCUT2D eigenvalue weighted by Gasteiger charge is 2.78. The van der Waals surface area contributed by atoms with E-state index in [-0.39, 0.29) is 16.8 Å². The van der Waals surface area contributed by atoms with E-state index >= 15 is 0 Å². The molecule has 4 rings (SSSR count). The van der Waals surface area contributed by atoms with Gasteiger partial charge in [-0.2, -0.15) is 0 Å². The van der Waals surface area contributed by atoms with Crippen LogP contribution in [0.1, 0.15) is 52.9 Å². The molecule has 2 heterocycles. The van der Waals surface area contributed by atoms with Crippen molar-refractivity contribution in [1.82, 2.24) is 0 Å². The van der Waals surface area contributed by atoms with Crippen molar-refractivity contribution in [3.05, 3.63) is 0 Å². The molecule has 0 spiro atoms. The third-order valence-corrected chi connectivity index (χ3v) is 6.54. The normalized spacial score (nSPS) is 64.8. The lowest BCUT2D eigenvalue weighted by molar-refractivity contribution is 0.0961. The van der Waals surface area contributed by atoms with E-state index in [0.29, 0.717) is 0 Å². The van der Waals surface area contributed by atoms with E-state index < -0.39 is 0 Å². The third kappa shape index (κ3) is 1.14. The van der Waals surface area contributed by atoms with Crippen LogP contribution in [0.4, 0.5) is 0 Å². The van der Waals surface area contributed by atoms with Crippen LogP contribution >= 0.6 is 0 Å². The highest BCUT2D eigenvalue weighted by Crippen LogP contribution is 2.71. The Morgan fingerprint density at radius 2 is 1.71 bits per heavy atom. The molecule has 2 aliphatic carbocycles. The number of hydrogen-bond acceptors (Lipinski definition) is 2. The molecule has 0 aromatic rings. The molecule has 0 aromatic carbocycles. The van der Waals surface area contributed by atoms with Gasteiger partial charge < -0.3 is 9.47 Å². The predicted octanol–water partition coefficient (Wildman–Crippen LogP) is 3.15. The average molecular weight is 236 g/mol. The molecule has 0 bridgehead atoms. The monoisotopic (exact) mass is 236 g/mol. The van der Waals surface area contributed by atoms with Crippen LogP contribution in [0.5, 0.6) is 0 Å². The lowest BCUT2D eigenvalue weighted by atomic mass is 9.78. The van der Waals surface area contributed by atoms with Crippen LogP contribution in [-0.4, -0.2) is 23.4 Å². The molecule has 0 N–H and O–H groups in total. The Morgan fingerprint density at radius 3 is 2.41 bits per heavy atom. The Bertz CT molecular complexity index is 362. The Morgan fingerprint density at radius 1 is 1.00 bits per heavy atom. The van der Waals surface area contributed by atoms with Gasteiger partial charge in [0.05, 0.1) is 12.2 Å². The van der Waals surface area contributed by atoms with Crippen molar-refractivity contribution in [3.63, 3.8) is 0 Å². The minimum Gasteiger partial charge on any atom is -0.370 e. The minimum absolute atomic E-state index is 0.193. The van der Waals surface area contributed by atoms with Gasteiger partial charge in [-0.1, -0.05) is 13.8 Å². The molecule has 0 aromatic heterocycles. The third-order valence-electron chi connectivity index (χ3n) is 6.54. The van der Waals surface area contributed by atoms with Gasteiger partial charge in [0.15, 0.2) is 0 Å². The van der Waals surface area contributed by atoms with Crippen molar-refractivity contribution in [3.8, 4) is 0 Å². The molecule has 6 atom stereocenters. The summed E-state index contributed by atoms with van der Waals surface area (Å²) >= 11 is 0. The van der Waals surface area contributed by atoms with E-state index in [1.54, 1.807) is 0 Å². The molecule has 2 aliphatic heterocycles. The first-order valence-corrected chi connectivity index (χ1v) is 7.37. The Hall–Kier alpha value is -0.0800. The lowest BCUT2D eigenvalue weighted by Gasteiger charge is -2.25. The summed E-state index contributed by atoms with van der Waals surface area (Å²) in [6.45, 7) is 8.09. The van der Waals surface area contributed by atoms with Gasteiger partial charge in [0, 0.05) is 0 Å². The van der Waals surface area contributed by atoms with Gasteiger partial charge >= 0.3 is 0 Å². The van der Waals surface area contributed by atoms with Crippen LogP contribution in [0.15, 0.2) is 0 Å². The molecular weight excluding hydrogens is 212 g/mol. The van der Waals surface area contributed by atoms with Crippen LogP contribution in [0.3, 0.4) is 0 Å². The van der Waals surface area contributed by atoms with Gasteiger partial charge in [0.1, 0.15) is 11.2 Å². The van der Waals surface area contributed by atoms with E-state index in [1.807, 2.05) is 0 Å². The zero-order valence-electron chi connectivity index (χ0n) is 11.3. The molecule has 2 nitrogen and oxygen atoms in total. The van der Waals surface area contributed by atoms with Crippen LogP contribution in [0.2, 0.25) is 0 Å². The van der Waals surface area contributed by atoms with Crippen molar-refractivity contribution in [2.75, 3.05) is 6.61 Å². The van der Waals surface area contributed by atoms with Crippen LogP contribution < -0.4 is 0 Å². The summed E-state index contributed by atoms with van der Waals surface area (Å²) < 4.78 is 12.1. The molecular formula is C15H24O2. The van der Waals surface area contributed by atoms with Gasteiger partial charge in [0.2, 0.25) is 0 Å². The lowest BCUT2D eigenvalue weighted by Crippen LogP contribution is -2.32. The quantitative estimate of drug-likeness (QED) is 0.653. The van der Waals surface area contributed by atoms with E-state index in [1.165, 1.54) is 32.1 Å². The SMILES string of the molecule is C[C@H]1CC[C@@H]([C@@]2(C)CO2)C[C@]23O[C@]12CC[C@@H]3C. The smallest absolute Gasteiger partial charge is 0.101 e. The summed E-state index contributed by atoms with van der Waals surface area (Å²) in [6, 6.07) is 0. The molecule has 96 valence electrons. The maximum Gasteiger partial charge on any atom is 0.101 e. The second kappa shape index (κ2) is 2.91. The van der Waals surface area contributed by atoms with Gasteiger partial charge in [-0.15, -0.1) is 0 Å². The van der Waals surface area contributed by atoms with Gasteiger partial charge in [-0.05, 0) is 56.8 Å². The maximum atomic E-state index is 6.39. The Balaban J connectivity index is 1.67. The van der Waals surface area contributed by atoms with E-state index in [2.05, 4.69) is 20.8 Å². The van der Waals surface area contributed by atoms with Gasteiger partial charge in [-0.3, -0.25) is 0 Å².